The van der Waals surface area contributed by atoms with Crippen molar-refractivity contribution in [1.82, 2.24) is 15.0 Å². The molecule has 8 aromatic rings. The van der Waals surface area contributed by atoms with Gasteiger partial charge in [0.2, 0.25) is 0 Å². The van der Waals surface area contributed by atoms with Crippen molar-refractivity contribution in [3.63, 3.8) is 0 Å². The van der Waals surface area contributed by atoms with Crippen LogP contribution in [0.3, 0.4) is 0 Å². The first kappa shape index (κ1) is 36.0. The summed E-state index contributed by atoms with van der Waals surface area (Å²) in [6.45, 7) is 8.49. The number of fused-ring (bicyclic) bond motifs is 9. The van der Waals surface area contributed by atoms with E-state index in [1.165, 1.54) is 48.7 Å². The molecule has 0 bridgehead atoms. The SMILES string of the molecule is CC1(C)OB(c2cccc3c2-c2ccccc2C32c3ccccc3Sc3c(-c4ccc(-c5nc(-c6ccccc6)nc(-c6ccccc6)n5)cc4)cccc32)OC1(C)C. The Labute approximate surface area is 349 Å². The summed E-state index contributed by atoms with van der Waals surface area (Å²) in [5.74, 6) is 1.93. The molecule has 1 atom stereocenters. The molecule has 0 radical (unpaired) electrons. The zero-order valence-corrected chi connectivity index (χ0v) is 34.1. The van der Waals surface area contributed by atoms with Crippen molar-refractivity contribution in [2.24, 2.45) is 0 Å². The molecular weight excluding hydrogens is 741 g/mol. The molecule has 7 heteroatoms. The highest BCUT2D eigenvalue weighted by Gasteiger charge is 2.56. The zero-order valence-electron chi connectivity index (χ0n) is 33.3. The van der Waals surface area contributed by atoms with Crippen LogP contribution < -0.4 is 5.46 Å². The van der Waals surface area contributed by atoms with Gasteiger partial charge in [0, 0.05) is 26.5 Å². The minimum atomic E-state index is -0.550. The third-order valence-corrected chi connectivity index (χ3v) is 13.9. The van der Waals surface area contributed by atoms with Crippen LogP contribution in [-0.2, 0) is 14.7 Å². The van der Waals surface area contributed by atoms with Crippen LogP contribution in [0.1, 0.15) is 49.9 Å². The minimum Gasteiger partial charge on any atom is -0.399 e. The quantitative estimate of drug-likeness (QED) is 0.162. The summed E-state index contributed by atoms with van der Waals surface area (Å²) in [6, 6.07) is 60.3. The fraction of sp³-hybridized carbons (Fsp3) is 0.135. The lowest BCUT2D eigenvalue weighted by atomic mass is 9.66. The van der Waals surface area contributed by atoms with E-state index in [9.17, 15) is 0 Å². The maximum absolute atomic E-state index is 6.74. The molecule has 1 fully saturated rings. The van der Waals surface area contributed by atoms with E-state index < -0.39 is 23.7 Å². The number of nitrogens with zero attached hydrogens (tertiary/aromatic N) is 3. The first-order chi connectivity index (χ1) is 28.7. The Morgan fingerprint density at radius 1 is 0.424 bits per heavy atom. The molecule has 1 unspecified atom stereocenters. The normalized spacial score (nSPS) is 17.9. The van der Waals surface area contributed by atoms with E-state index in [4.69, 9.17) is 24.3 Å². The van der Waals surface area contributed by atoms with E-state index in [1.54, 1.807) is 0 Å². The maximum atomic E-state index is 6.74. The average molecular weight is 782 g/mol. The van der Waals surface area contributed by atoms with Crippen LogP contribution in [0.2, 0.25) is 0 Å². The van der Waals surface area contributed by atoms with Crippen LogP contribution in [0.15, 0.2) is 180 Å². The van der Waals surface area contributed by atoms with Crippen molar-refractivity contribution in [2.75, 3.05) is 0 Å². The van der Waals surface area contributed by atoms with Crippen LogP contribution in [0.5, 0.6) is 0 Å². The highest BCUT2D eigenvalue weighted by Crippen LogP contribution is 2.63. The van der Waals surface area contributed by atoms with E-state index in [0.29, 0.717) is 17.5 Å². The van der Waals surface area contributed by atoms with E-state index in [1.807, 2.05) is 72.4 Å². The minimum absolute atomic E-state index is 0.459. The molecule has 3 heterocycles. The van der Waals surface area contributed by atoms with Crippen molar-refractivity contribution in [1.29, 1.82) is 0 Å². The summed E-state index contributed by atoms with van der Waals surface area (Å²) >= 11 is 1.86. The summed E-state index contributed by atoms with van der Waals surface area (Å²) in [5.41, 5.74) is 12.3. The summed E-state index contributed by atoms with van der Waals surface area (Å²) < 4.78 is 13.5. The van der Waals surface area contributed by atoms with Crippen molar-refractivity contribution in [3.05, 3.63) is 192 Å². The first-order valence-electron chi connectivity index (χ1n) is 20.2. The fourth-order valence-electron chi connectivity index (χ4n) is 9.13. The average Bonchev–Trinajstić information content (AvgIpc) is 3.69. The van der Waals surface area contributed by atoms with E-state index in [0.717, 1.165) is 27.7 Å². The second-order valence-electron chi connectivity index (χ2n) is 16.5. The van der Waals surface area contributed by atoms with Crippen molar-refractivity contribution >= 4 is 24.3 Å². The number of hydrogen-bond acceptors (Lipinski definition) is 6. The van der Waals surface area contributed by atoms with Crippen LogP contribution in [0.4, 0.5) is 0 Å². The van der Waals surface area contributed by atoms with Gasteiger partial charge in [-0.25, -0.2) is 15.0 Å². The van der Waals surface area contributed by atoms with Crippen LogP contribution >= 0.6 is 11.8 Å². The molecule has 0 N–H and O–H groups in total. The largest absolute Gasteiger partial charge is 0.495 e. The van der Waals surface area contributed by atoms with Gasteiger partial charge >= 0.3 is 7.12 Å². The van der Waals surface area contributed by atoms with Gasteiger partial charge < -0.3 is 9.31 Å². The fourth-order valence-corrected chi connectivity index (χ4v) is 10.5. The third kappa shape index (κ3) is 5.52. The topological polar surface area (TPSA) is 57.1 Å². The molecular formula is C52H40BN3O2S. The second-order valence-corrected chi connectivity index (χ2v) is 17.6. The van der Waals surface area contributed by atoms with Gasteiger partial charge in [-0.1, -0.05) is 176 Å². The molecule has 2 aliphatic heterocycles. The molecule has 3 aliphatic rings. The van der Waals surface area contributed by atoms with Crippen LogP contribution in [0.25, 0.3) is 56.4 Å². The Morgan fingerprint density at radius 3 is 1.54 bits per heavy atom. The standard InChI is InChI=1S/C52H40BN3O2S/c1-50(2)51(3,4)58-53(57-50)43-27-16-25-41-45(43)38-21-11-12-23-39(38)52(41)40-24-13-14-28-44(40)59-46-37(22-15-26-42(46)52)33-29-31-36(32-30-33)49-55-47(34-17-7-5-8-18-34)54-48(56-49)35-19-9-6-10-20-35/h5-32H,1-4H3. The molecule has 11 rings (SSSR count). The van der Waals surface area contributed by atoms with Gasteiger partial charge in [0.05, 0.1) is 16.6 Å². The summed E-state index contributed by atoms with van der Waals surface area (Å²) in [6.07, 6.45) is 0. The van der Waals surface area contributed by atoms with Gasteiger partial charge in [0.25, 0.3) is 0 Å². The molecule has 284 valence electrons. The molecule has 5 nitrogen and oxygen atoms in total. The van der Waals surface area contributed by atoms with Gasteiger partial charge in [0.1, 0.15) is 0 Å². The number of rotatable bonds is 5. The number of hydrogen-bond donors (Lipinski definition) is 0. The molecule has 1 aromatic heterocycles. The van der Waals surface area contributed by atoms with Crippen molar-refractivity contribution in [3.8, 4) is 56.4 Å². The van der Waals surface area contributed by atoms with Gasteiger partial charge in [-0.15, -0.1) is 0 Å². The molecule has 59 heavy (non-hydrogen) atoms. The predicted molar refractivity (Wildman–Crippen MR) is 239 cm³/mol. The molecule has 1 aliphatic carbocycles. The second kappa shape index (κ2) is 13.5. The lowest BCUT2D eigenvalue weighted by Gasteiger charge is -2.40. The maximum Gasteiger partial charge on any atom is 0.495 e. The zero-order chi connectivity index (χ0) is 39.9. The predicted octanol–water partition coefficient (Wildman–Crippen LogP) is 11.7. The van der Waals surface area contributed by atoms with E-state index in [-0.39, 0.29) is 0 Å². The first-order valence-corrected chi connectivity index (χ1v) is 21.0. The van der Waals surface area contributed by atoms with Crippen molar-refractivity contribution < 1.29 is 9.31 Å². The van der Waals surface area contributed by atoms with Crippen LogP contribution in [-0.4, -0.2) is 33.3 Å². The highest BCUT2D eigenvalue weighted by atomic mass is 32.2. The Kier molecular flexibility index (Phi) is 8.22. The van der Waals surface area contributed by atoms with Crippen molar-refractivity contribution in [2.45, 2.75) is 54.1 Å². The summed E-state index contributed by atoms with van der Waals surface area (Å²) in [4.78, 5) is 17.4. The van der Waals surface area contributed by atoms with Gasteiger partial charge in [0.15, 0.2) is 17.5 Å². The molecule has 0 saturated carbocycles. The van der Waals surface area contributed by atoms with Crippen LogP contribution in [0, 0.1) is 0 Å². The smallest absolute Gasteiger partial charge is 0.399 e. The molecule has 1 spiro atoms. The Balaban J connectivity index is 1.07. The Morgan fingerprint density at radius 2 is 0.898 bits per heavy atom. The monoisotopic (exact) mass is 781 g/mol. The summed E-state index contributed by atoms with van der Waals surface area (Å²) in [7, 11) is -0.493. The number of benzene rings is 7. The lowest BCUT2D eigenvalue weighted by Crippen LogP contribution is -2.41. The molecule has 0 amide bonds. The molecule has 7 aromatic carbocycles. The van der Waals surface area contributed by atoms with Gasteiger partial charge in [-0.05, 0) is 83.7 Å². The lowest BCUT2D eigenvalue weighted by molar-refractivity contribution is 0.00578. The van der Waals surface area contributed by atoms with E-state index in [2.05, 4.69) is 137 Å². The third-order valence-electron chi connectivity index (χ3n) is 12.7. The summed E-state index contributed by atoms with van der Waals surface area (Å²) in [5, 5.41) is 0. The van der Waals surface area contributed by atoms with Gasteiger partial charge in [-0.2, -0.15) is 0 Å². The molecule has 1 saturated heterocycles. The number of aromatic nitrogens is 3. The van der Waals surface area contributed by atoms with E-state index >= 15 is 0 Å². The Bertz CT molecular complexity index is 2860. The van der Waals surface area contributed by atoms with Gasteiger partial charge in [-0.3, -0.25) is 0 Å². The highest BCUT2D eigenvalue weighted by molar-refractivity contribution is 7.99. The Hall–Kier alpha value is -6.12.